The minimum absolute atomic E-state index is 0.0105. The molecule has 0 aliphatic rings. The number of carboxylic acids is 1. The lowest BCUT2D eigenvalue weighted by molar-refractivity contribution is -0.161. The highest BCUT2D eigenvalue weighted by Gasteiger charge is 2.26. The molecule has 1 N–H and O–H groups in total. The number of carbonyl (C=O) groups is 2. The smallest absolute Gasteiger partial charge is 0.309 e. The molecule has 0 rings (SSSR count). The van der Waals surface area contributed by atoms with Crippen molar-refractivity contribution in [3.8, 4) is 0 Å². The Morgan fingerprint density at radius 1 is 1.24 bits per heavy atom. The van der Waals surface area contributed by atoms with Crippen molar-refractivity contribution in [3.63, 3.8) is 0 Å². The van der Waals surface area contributed by atoms with Crippen LogP contribution >= 0.6 is 0 Å². The maximum atomic E-state index is 11.9. The number of carbonyl (C=O) groups excluding carboxylic acids is 1. The molecule has 0 fully saturated rings. The molecule has 1 unspecified atom stereocenters. The molecule has 1 atom stereocenters. The standard InChI is InChI=1S/C13H24O4/c1-9(2)8-10(6-7-11(14)15)12(16)17-13(3,4)5/h9-10H,6-8H2,1-5H3,(H,14,15). The molecule has 0 saturated carbocycles. The molecular formula is C13H24O4. The molecule has 4 heteroatoms. The van der Waals surface area contributed by atoms with E-state index >= 15 is 0 Å². The Morgan fingerprint density at radius 3 is 2.12 bits per heavy atom. The summed E-state index contributed by atoms with van der Waals surface area (Å²) >= 11 is 0. The van der Waals surface area contributed by atoms with Crippen LogP contribution in [0.3, 0.4) is 0 Å². The van der Waals surface area contributed by atoms with Crippen LogP contribution in [0.4, 0.5) is 0 Å². The number of carboxylic acid groups (broad SMARTS) is 1. The van der Waals surface area contributed by atoms with Crippen molar-refractivity contribution in [1.29, 1.82) is 0 Å². The molecule has 17 heavy (non-hydrogen) atoms. The fourth-order valence-electron chi connectivity index (χ4n) is 1.58. The van der Waals surface area contributed by atoms with E-state index in [0.29, 0.717) is 18.8 Å². The molecule has 0 aromatic rings. The van der Waals surface area contributed by atoms with E-state index in [9.17, 15) is 9.59 Å². The second-order valence-corrected chi connectivity index (χ2v) is 5.79. The van der Waals surface area contributed by atoms with Crippen LogP contribution < -0.4 is 0 Å². The monoisotopic (exact) mass is 244 g/mol. The van der Waals surface area contributed by atoms with Gasteiger partial charge in [-0.15, -0.1) is 0 Å². The summed E-state index contributed by atoms with van der Waals surface area (Å²) in [5.41, 5.74) is -0.518. The van der Waals surface area contributed by atoms with Gasteiger partial charge in [0.1, 0.15) is 5.60 Å². The molecule has 0 aromatic carbocycles. The van der Waals surface area contributed by atoms with E-state index in [-0.39, 0.29) is 18.3 Å². The third-order valence-electron chi connectivity index (χ3n) is 2.20. The van der Waals surface area contributed by atoms with Gasteiger partial charge in [-0.2, -0.15) is 0 Å². The van der Waals surface area contributed by atoms with Crippen molar-refractivity contribution in [2.75, 3.05) is 0 Å². The van der Waals surface area contributed by atoms with E-state index in [0.717, 1.165) is 0 Å². The Labute approximate surface area is 103 Å². The van der Waals surface area contributed by atoms with E-state index in [1.807, 2.05) is 34.6 Å². The molecule has 0 aromatic heterocycles. The van der Waals surface area contributed by atoms with Crippen molar-refractivity contribution in [2.24, 2.45) is 11.8 Å². The quantitative estimate of drug-likeness (QED) is 0.730. The molecule has 0 bridgehead atoms. The predicted molar refractivity (Wildman–Crippen MR) is 65.7 cm³/mol. The number of hydrogen-bond acceptors (Lipinski definition) is 3. The average molecular weight is 244 g/mol. The van der Waals surface area contributed by atoms with Crippen LogP contribution in [-0.2, 0) is 14.3 Å². The Bertz CT molecular complexity index is 263. The van der Waals surface area contributed by atoms with Crippen LogP contribution in [0.25, 0.3) is 0 Å². The second-order valence-electron chi connectivity index (χ2n) is 5.79. The van der Waals surface area contributed by atoms with Gasteiger partial charge in [0.25, 0.3) is 0 Å². The average Bonchev–Trinajstić information content (AvgIpc) is 2.08. The zero-order valence-corrected chi connectivity index (χ0v) is 11.4. The number of esters is 1. The Balaban J connectivity index is 4.45. The highest BCUT2D eigenvalue weighted by molar-refractivity contribution is 5.74. The first-order valence-corrected chi connectivity index (χ1v) is 6.06. The number of aliphatic carboxylic acids is 1. The first-order chi connectivity index (χ1) is 7.61. The van der Waals surface area contributed by atoms with Crippen LogP contribution in [0.15, 0.2) is 0 Å². The van der Waals surface area contributed by atoms with Crippen molar-refractivity contribution >= 4 is 11.9 Å². The van der Waals surface area contributed by atoms with Gasteiger partial charge in [-0.1, -0.05) is 13.8 Å². The molecule has 0 heterocycles. The van der Waals surface area contributed by atoms with Crippen LogP contribution in [0.5, 0.6) is 0 Å². The van der Waals surface area contributed by atoms with Gasteiger partial charge in [-0.3, -0.25) is 9.59 Å². The molecule has 0 radical (unpaired) electrons. The van der Waals surface area contributed by atoms with Gasteiger partial charge in [0.05, 0.1) is 5.92 Å². The highest BCUT2D eigenvalue weighted by Crippen LogP contribution is 2.21. The van der Waals surface area contributed by atoms with Crippen LogP contribution in [0, 0.1) is 11.8 Å². The molecule has 0 aliphatic heterocycles. The third kappa shape index (κ3) is 8.72. The van der Waals surface area contributed by atoms with Gasteiger partial charge in [0.15, 0.2) is 0 Å². The van der Waals surface area contributed by atoms with E-state index in [1.54, 1.807) is 0 Å². The third-order valence-corrected chi connectivity index (χ3v) is 2.20. The molecule has 0 amide bonds. The first-order valence-electron chi connectivity index (χ1n) is 6.06. The van der Waals surface area contributed by atoms with Gasteiger partial charge >= 0.3 is 11.9 Å². The van der Waals surface area contributed by atoms with Crippen molar-refractivity contribution < 1.29 is 19.4 Å². The Kier molecular flexibility index (Phi) is 6.21. The SMILES string of the molecule is CC(C)CC(CCC(=O)O)C(=O)OC(C)(C)C. The van der Waals surface area contributed by atoms with Crippen LogP contribution in [0.2, 0.25) is 0 Å². The topological polar surface area (TPSA) is 63.6 Å². The zero-order valence-electron chi connectivity index (χ0n) is 11.4. The summed E-state index contributed by atoms with van der Waals surface area (Å²) in [5.74, 6) is -1.12. The maximum Gasteiger partial charge on any atom is 0.309 e. The van der Waals surface area contributed by atoms with Crippen LogP contribution in [-0.4, -0.2) is 22.6 Å². The Morgan fingerprint density at radius 2 is 1.76 bits per heavy atom. The van der Waals surface area contributed by atoms with Gasteiger partial charge in [0.2, 0.25) is 0 Å². The predicted octanol–water partition coefficient (Wildman–Crippen LogP) is 2.86. The van der Waals surface area contributed by atoms with E-state index in [4.69, 9.17) is 9.84 Å². The lowest BCUT2D eigenvalue weighted by atomic mass is 9.92. The molecule has 0 aliphatic carbocycles. The number of hydrogen-bond donors (Lipinski definition) is 1. The first kappa shape index (κ1) is 15.9. The molecule has 0 saturated heterocycles. The number of rotatable bonds is 6. The lowest BCUT2D eigenvalue weighted by Gasteiger charge is -2.24. The molecule has 4 nitrogen and oxygen atoms in total. The molecular weight excluding hydrogens is 220 g/mol. The van der Waals surface area contributed by atoms with Gasteiger partial charge in [-0.05, 0) is 39.5 Å². The second kappa shape index (κ2) is 6.62. The van der Waals surface area contributed by atoms with Crippen LogP contribution in [0.1, 0.15) is 53.9 Å². The van der Waals surface area contributed by atoms with Crippen molar-refractivity contribution in [1.82, 2.24) is 0 Å². The summed E-state index contributed by atoms with van der Waals surface area (Å²) in [5, 5.41) is 8.66. The molecule has 0 spiro atoms. The van der Waals surface area contributed by atoms with Gasteiger partial charge in [-0.25, -0.2) is 0 Å². The Hall–Kier alpha value is -1.06. The summed E-state index contributed by atoms with van der Waals surface area (Å²) in [4.78, 5) is 22.4. The van der Waals surface area contributed by atoms with Crippen molar-refractivity contribution in [2.45, 2.75) is 59.5 Å². The fourth-order valence-corrected chi connectivity index (χ4v) is 1.58. The van der Waals surface area contributed by atoms with E-state index in [1.165, 1.54) is 0 Å². The lowest BCUT2D eigenvalue weighted by Crippen LogP contribution is -2.29. The number of ether oxygens (including phenoxy) is 1. The summed E-state index contributed by atoms with van der Waals surface area (Å²) in [6, 6.07) is 0. The maximum absolute atomic E-state index is 11.9. The molecule has 100 valence electrons. The summed E-state index contributed by atoms with van der Waals surface area (Å²) in [6.45, 7) is 9.47. The fraction of sp³-hybridized carbons (Fsp3) is 0.846. The highest BCUT2D eigenvalue weighted by atomic mass is 16.6. The van der Waals surface area contributed by atoms with Gasteiger partial charge in [0, 0.05) is 6.42 Å². The normalized spacial score (nSPS) is 13.5. The van der Waals surface area contributed by atoms with Gasteiger partial charge < -0.3 is 9.84 Å². The van der Waals surface area contributed by atoms with E-state index < -0.39 is 11.6 Å². The van der Waals surface area contributed by atoms with E-state index in [2.05, 4.69) is 0 Å². The summed E-state index contributed by atoms with van der Waals surface area (Å²) < 4.78 is 5.30. The minimum atomic E-state index is -0.873. The summed E-state index contributed by atoms with van der Waals surface area (Å²) in [7, 11) is 0. The summed E-state index contributed by atoms with van der Waals surface area (Å²) in [6.07, 6.45) is 1.03. The van der Waals surface area contributed by atoms with Crippen molar-refractivity contribution in [3.05, 3.63) is 0 Å². The largest absolute Gasteiger partial charge is 0.481 e. The minimum Gasteiger partial charge on any atom is -0.481 e. The zero-order chi connectivity index (χ0) is 13.6.